The Hall–Kier alpha value is -1.76. The summed E-state index contributed by atoms with van der Waals surface area (Å²) in [5.41, 5.74) is 1.13. The topological polar surface area (TPSA) is 50.3 Å². The number of nitrogens with zero attached hydrogens (tertiary/aromatic N) is 3. The van der Waals surface area contributed by atoms with Gasteiger partial charge in [-0.15, -0.1) is 10.2 Å². The first-order valence-electron chi connectivity index (χ1n) is 9.89. The van der Waals surface area contributed by atoms with Crippen molar-refractivity contribution in [3.05, 3.63) is 41.2 Å². The summed E-state index contributed by atoms with van der Waals surface area (Å²) in [6, 6.07) is 8.43. The molecule has 1 aromatic heterocycles. The van der Waals surface area contributed by atoms with E-state index in [0.29, 0.717) is 22.3 Å². The van der Waals surface area contributed by atoms with Crippen molar-refractivity contribution < 1.29 is 9.13 Å². The molecule has 2 heterocycles. The van der Waals surface area contributed by atoms with Crippen LogP contribution in [-0.4, -0.2) is 54.5 Å². The van der Waals surface area contributed by atoms with E-state index in [1.54, 1.807) is 7.11 Å². The van der Waals surface area contributed by atoms with E-state index in [9.17, 15) is 4.39 Å². The lowest BCUT2D eigenvalue weighted by atomic mass is 10.0. The standard InChI is InChI=1S/C21H26ClFN4O/c1-28-8-2-7-27-12-14-9-17(10-15(14)13-27)24-21-6-5-20(25-26-21)18-11-16(23)3-4-19(18)22/h3-6,11,14-15,17H,2,7-10,12-13H2,1H3,(H,24,26)/t14-,15+,17?. The number of fused-ring (bicyclic) bond motifs is 1. The molecule has 2 aliphatic rings. The monoisotopic (exact) mass is 404 g/mol. The van der Waals surface area contributed by atoms with Crippen molar-refractivity contribution in [2.45, 2.75) is 25.3 Å². The molecule has 0 bridgehead atoms. The minimum atomic E-state index is -0.336. The zero-order valence-corrected chi connectivity index (χ0v) is 16.8. The quantitative estimate of drug-likeness (QED) is 0.704. The summed E-state index contributed by atoms with van der Waals surface area (Å²) >= 11 is 6.15. The van der Waals surface area contributed by atoms with Crippen molar-refractivity contribution in [3.63, 3.8) is 0 Å². The molecule has 1 aliphatic carbocycles. The average molecular weight is 405 g/mol. The minimum Gasteiger partial charge on any atom is -0.385 e. The van der Waals surface area contributed by atoms with Crippen molar-refractivity contribution in [2.75, 3.05) is 38.7 Å². The van der Waals surface area contributed by atoms with Crippen molar-refractivity contribution in [3.8, 4) is 11.3 Å². The smallest absolute Gasteiger partial charge is 0.148 e. The van der Waals surface area contributed by atoms with Crippen molar-refractivity contribution in [1.29, 1.82) is 0 Å². The second-order valence-electron chi connectivity index (χ2n) is 7.87. The summed E-state index contributed by atoms with van der Waals surface area (Å²) in [6.45, 7) is 4.35. The van der Waals surface area contributed by atoms with Gasteiger partial charge in [-0.2, -0.15) is 0 Å². The van der Waals surface area contributed by atoms with Gasteiger partial charge >= 0.3 is 0 Å². The third-order valence-corrected chi connectivity index (χ3v) is 6.20. The fraction of sp³-hybridized carbons (Fsp3) is 0.524. The van der Waals surface area contributed by atoms with Crippen molar-refractivity contribution >= 4 is 17.4 Å². The Balaban J connectivity index is 1.31. The lowest BCUT2D eigenvalue weighted by molar-refractivity contribution is 0.177. The number of ether oxygens (including phenoxy) is 1. The molecule has 1 unspecified atom stereocenters. The predicted molar refractivity (Wildman–Crippen MR) is 109 cm³/mol. The molecule has 1 saturated carbocycles. The Morgan fingerprint density at radius 3 is 2.64 bits per heavy atom. The normalized spacial score (nSPS) is 24.5. The Bertz CT molecular complexity index is 789. The lowest BCUT2D eigenvalue weighted by Gasteiger charge is -2.19. The molecule has 2 aromatic rings. The number of hydrogen-bond acceptors (Lipinski definition) is 5. The molecular formula is C21H26ClFN4O. The summed E-state index contributed by atoms with van der Waals surface area (Å²) < 4.78 is 18.6. The van der Waals surface area contributed by atoms with Gasteiger partial charge in [-0.05, 0) is 61.4 Å². The first kappa shape index (κ1) is 19.6. The fourth-order valence-corrected chi connectivity index (χ4v) is 4.80. The van der Waals surface area contributed by atoms with Gasteiger partial charge in [0.15, 0.2) is 0 Å². The molecule has 0 radical (unpaired) electrons. The molecule has 7 heteroatoms. The molecule has 28 heavy (non-hydrogen) atoms. The van der Waals surface area contributed by atoms with E-state index in [2.05, 4.69) is 20.4 Å². The molecule has 1 aromatic carbocycles. The highest BCUT2D eigenvalue weighted by Gasteiger charge is 2.40. The van der Waals surface area contributed by atoms with E-state index in [4.69, 9.17) is 16.3 Å². The van der Waals surface area contributed by atoms with Crippen LogP contribution < -0.4 is 5.32 Å². The molecule has 0 spiro atoms. The molecule has 2 fully saturated rings. The highest BCUT2D eigenvalue weighted by molar-refractivity contribution is 6.33. The molecule has 1 aliphatic heterocycles. The molecule has 0 amide bonds. The van der Waals surface area contributed by atoms with Gasteiger partial charge in [-0.1, -0.05) is 11.6 Å². The molecule has 1 saturated heterocycles. The number of hydrogen-bond donors (Lipinski definition) is 1. The Labute approximate surface area is 170 Å². The van der Waals surface area contributed by atoms with Crippen LogP contribution in [0.2, 0.25) is 5.02 Å². The van der Waals surface area contributed by atoms with Crippen LogP contribution in [0.3, 0.4) is 0 Å². The van der Waals surface area contributed by atoms with Crippen LogP contribution in [0.4, 0.5) is 10.2 Å². The zero-order chi connectivity index (χ0) is 19.5. The van der Waals surface area contributed by atoms with Gasteiger partial charge in [0.25, 0.3) is 0 Å². The summed E-state index contributed by atoms with van der Waals surface area (Å²) in [4.78, 5) is 2.57. The highest BCUT2D eigenvalue weighted by atomic mass is 35.5. The molecule has 5 nitrogen and oxygen atoms in total. The Morgan fingerprint density at radius 1 is 1.18 bits per heavy atom. The average Bonchev–Trinajstić information content (AvgIpc) is 3.23. The van der Waals surface area contributed by atoms with Crippen LogP contribution >= 0.6 is 11.6 Å². The number of rotatable bonds is 7. The maximum absolute atomic E-state index is 13.5. The van der Waals surface area contributed by atoms with Crippen LogP contribution in [0.5, 0.6) is 0 Å². The predicted octanol–water partition coefficient (Wildman–Crippen LogP) is 4.09. The molecule has 4 rings (SSSR count). The van der Waals surface area contributed by atoms with Gasteiger partial charge in [0, 0.05) is 45.0 Å². The second kappa shape index (κ2) is 8.72. The number of aromatic nitrogens is 2. The van der Waals surface area contributed by atoms with Crippen LogP contribution in [0.15, 0.2) is 30.3 Å². The zero-order valence-electron chi connectivity index (χ0n) is 16.1. The second-order valence-corrected chi connectivity index (χ2v) is 8.27. The number of likely N-dealkylation sites (tertiary alicyclic amines) is 1. The third-order valence-electron chi connectivity index (χ3n) is 5.87. The lowest BCUT2D eigenvalue weighted by Crippen LogP contribution is -2.26. The van der Waals surface area contributed by atoms with Crippen molar-refractivity contribution in [1.82, 2.24) is 15.1 Å². The molecule has 1 N–H and O–H groups in total. The van der Waals surface area contributed by atoms with Crippen molar-refractivity contribution in [2.24, 2.45) is 11.8 Å². The van der Waals surface area contributed by atoms with Gasteiger partial charge in [0.2, 0.25) is 0 Å². The van der Waals surface area contributed by atoms with Crippen LogP contribution in [0.1, 0.15) is 19.3 Å². The van der Waals surface area contributed by atoms with E-state index >= 15 is 0 Å². The molecule has 3 atom stereocenters. The van der Waals surface area contributed by atoms with Gasteiger partial charge in [0.1, 0.15) is 11.6 Å². The van der Waals surface area contributed by atoms with E-state index in [1.807, 2.05) is 12.1 Å². The first-order chi connectivity index (χ1) is 13.6. The highest BCUT2D eigenvalue weighted by Crippen LogP contribution is 2.39. The fourth-order valence-electron chi connectivity index (χ4n) is 4.59. The number of nitrogens with one attached hydrogen (secondary N) is 1. The number of methoxy groups -OCH3 is 1. The van der Waals surface area contributed by atoms with E-state index in [-0.39, 0.29) is 5.82 Å². The maximum atomic E-state index is 13.5. The third kappa shape index (κ3) is 4.45. The summed E-state index contributed by atoms with van der Waals surface area (Å²) in [5.74, 6) is 1.95. The molecule has 150 valence electrons. The van der Waals surface area contributed by atoms with E-state index < -0.39 is 0 Å². The Morgan fingerprint density at radius 2 is 1.96 bits per heavy atom. The summed E-state index contributed by atoms with van der Waals surface area (Å²) in [5, 5.41) is 12.5. The number of anilines is 1. The van der Waals surface area contributed by atoms with Gasteiger partial charge in [-0.25, -0.2) is 4.39 Å². The van der Waals surface area contributed by atoms with Gasteiger partial charge in [0.05, 0.1) is 10.7 Å². The van der Waals surface area contributed by atoms with Gasteiger partial charge < -0.3 is 15.0 Å². The largest absolute Gasteiger partial charge is 0.385 e. The van der Waals surface area contributed by atoms with Gasteiger partial charge in [-0.3, -0.25) is 0 Å². The first-order valence-corrected chi connectivity index (χ1v) is 10.3. The SMILES string of the molecule is COCCCN1C[C@H]2CC(Nc3ccc(-c4cc(F)ccc4Cl)nn3)C[C@H]2C1. The number of benzene rings is 1. The summed E-state index contributed by atoms with van der Waals surface area (Å²) in [7, 11) is 1.76. The van der Waals surface area contributed by atoms with Crippen LogP contribution in [-0.2, 0) is 4.74 Å². The van der Waals surface area contributed by atoms with Crippen LogP contribution in [0.25, 0.3) is 11.3 Å². The van der Waals surface area contributed by atoms with E-state index in [1.165, 1.54) is 44.1 Å². The minimum absolute atomic E-state index is 0.336. The maximum Gasteiger partial charge on any atom is 0.148 e. The summed E-state index contributed by atoms with van der Waals surface area (Å²) in [6.07, 6.45) is 3.45. The Kier molecular flexibility index (Phi) is 6.09. The molecular weight excluding hydrogens is 379 g/mol. The van der Waals surface area contributed by atoms with E-state index in [0.717, 1.165) is 37.2 Å². The number of halogens is 2. The van der Waals surface area contributed by atoms with Crippen LogP contribution in [0, 0.1) is 17.7 Å².